The fraction of sp³-hybridized carbons (Fsp3) is 0.857. The van der Waals surface area contributed by atoms with E-state index in [-0.39, 0.29) is 23.9 Å². The van der Waals surface area contributed by atoms with Gasteiger partial charge in [0.1, 0.15) is 0 Å². The van der Waals surface area contributed by atoms with Gasteiger partial charge < -0.3 is 15.5 Å². The number of hydrogen-bond acceptors (Lipinski definition) is 4. The van der Waals surface area contributed by atoms with Crippen LogP contribution in [0.5, 0.6) is 0 Å². The van der Waals surface area contributed by atoms with Crippen molar-refractivity contribution < 1.29 is 9.59 Å². The number of likely N-dealkylation sites (tertiary alicyclic amines) is 1. The van der Waals surface area contributed by atoms with Crippen molar-refractivity contribution in [3.8, 4) is 0 Å². The van der Waals surface area contributed by atoms with Gasteiger partial charge in [0.2, 0.25) is 11.8 Å². The van der Waals surface area contributed by atoms with Crippen LogP contribution >= 0.6 is 0 Å². The molecule has 0 aliphatic carbocycles. The minimum atomic E-state index is -0.227. The average Bonchev–Trinajstić information content (AvgIpc) is 2.96. The Bertz CT molecular complexity index is 355. The van der Waals surface area contributed by atoms with E-state index < -0.39 is 0 Å². The summed E-state index contributed by atoms with van der Waals surface area (Å²) in [5.74, 6) is 0.215. The Morgan fingerprint density at radius 2 is 2.00 bits per heavy atom. The summed E-state index contributed by atoms with van der Waals surface area (Å²) >= 11 is 0. The van der Waals surface area contributed by atoms with Crippen LogP contribution in [-0.4, -0.2) is 73.0 Å². The Balaban J connectivity index is 1.98. The molecule has 6 heteroatoms. The predicted octanol–water partition coefficient (Wildman–Crippen LogP) is -0.593. The summed E-state index contributed by atoms with van der Waals surface area (Å²) in [7, 11) is 0. The van der Waals surface area contributed by atoms with E-state index in [9.17, 15) is 9.59 Å². The molecule has 0 aromatic heterocycles. The average molecular weight is 282 g/mol. The lowest BCUT2D eigenvalue weighted by Crippen LogP contribution is -2.55. The molecule has 2 fully saturated rings. The van der Waals surface area contributed by atoms with Crippen LogP contribution < -0.4 is 10.6 Å². The van der Waals surface area contributed by atoms with E-state index in [0.717, 1.165) is 45.6 Å². The minimum absolute atomic E-state index is 0.0208. The zero-order chi connectivity index (χ0) is 14.5. The third-order valence-electron chi connectivity index (χ3n) is 4.24. The Morgan fingerprint density at radius 1 is 1.30 bits per heavy atom. The maximum atomic E-state index is 12.6. The lowest BCUT2D eigenvalue weighted by molar-refractivity contribution is -0.138. The van der Waals surface area contributed by atoms with Gasteiger partial charge in [0.05, 0.1) is 12.1 Å². The smallest absolute Gasteiger partial charge is 0.240 e. The van der Waals surface area contributed by atoms with Gasteiger partial charge in [0.25, 0.3) is 0 Å². The van der Waals surface area contributed by atoms with Gasteiger partial charge in [-0.3, -0.25) is 14.5 Å². The molecule has 0 aromatic carbocycles. The van der Waals surface area contributed by atoms with Crippen LogP contribution in [0, 0.1) is 0 Å². The van der Waals surface area contributed by atoms with E-state index in [1.165, 1.54) is 0 Å². The molecule has 0 saturated carbocycles. The summed E-state index contributed by atoms with van der Waals surface area (Å²) in [5, 5.41) is 6.10. The highest BCUT2D eigenvalue weighted by molar-refractivity contribution is 5.85. The van der Waals surface area contributed by atoms with Gasteiger partial charge >= 0.3 is 0 Å². The van der Waals surface area contributed by atoms with E-state index >= 15 is 0 Å². The second-order valence-corrected chi connectivity index (χ2v) is 5.54. The molecule has 0 radical (unpaired) electrons. The summed E-state index contributed by atoms with van der Waals surface area (Å²) in [5.41, 5.74) is 0. The largest absolute Gasteiger partial charge is 0.355 e. The highest BCUT2D eigenvalue weighted by Gasteiger charge is 2.38. The highest BCUT2D eigenvalue weighted by Crippen LogP contribution is 2.22. The Morgan fingerprint density at radius 3 is 2.65 bits per heavy atom. The molecule has 2 rings (SSSR count). The Labute approximate surface area is 120 Å². The zero-order valence-electron chi connectivity index (χ0n) is 12.5. The zero-order valence-corrected chi connectivity index (χ0v) is 12.5. The van der Waals surface area contributed by atoms with Crippen molar-refractivity contribution in [2.75, 3.05) is 39.3 Å². The van der Waals surface area contributed by atoms with Crippen molar-refractivity contribution in [3.63, 3.8) is 0 Å². The first-order valence-corrected chi connectivity index (χ1v) is 7.68. The number of rotatable bonds is 4. The highest BCUT2D eigenvalue weighted by atomic mass is 16.2. The van der Waals surface area contributed by atoms with Gasteiger partial charge in [-0.1, -0.05) is 0 Å². The molecule has 2 aliphatic rings. The lowest BCUT2D eigenvalue weighted by atomic mass is 10.1. The normalized spacial score (nSPS) is 25.5. The topological polar surface area (TPSA) is 64.7 Å². The molecule has 0 bridgehead atoms. The first-order chi connectivity index (χ1) is 9.65. The predicted molar refractivity (Wildman–Crippen MR) is 77.3 cm³/mol. The number of nitrogens with zero attached hydrogens (tertiary/aromatic N) is 2. The van der Waals surface area contributed by atoms with Crippen molar-refractivity contribution in [2.45, 2.75) is 38.8 Å². The Hall–Kier alpha value is -1.14. The molecule has 20 heavy (non-hydrogen) atoms. The molecule has 2 atom stereocenters. The third kappa shape index (κ3) is 3.30. The summed E-state index contributed by atoms with van der Waals surface area (Å²) in [6.07, 6.45) is 1.86. The van der Waals surface area contributed by atoms with Gasteiger partial charge in [0, 0.05) is 32.7 Å². The second-order valence-electron chi connectivity index (χ2n) is 5.54. The molecular formula is C14H26N4O2. The van der Waals surface area contributed by atoms with Crippen molar-refractivity contribution in [3.05, 3.63) is 0 Å². The molecular weight excluding hydrogens is 256 g/mol. The number of hydrogen-bond donors (Lipinski definition) is 2. The lowest BCUT2D eigenvalue weighted by Gasteiger charge is -2.34. The van der Waals surface area contributed by atoms with Crippen LogP contribution in [0.3, 0.4) is 0 Å². The first kappa shape index (κ1) is 15.3. The molecule has 2 heterocycles. The quantitative estimate of drug-likeness (QED) is 0.723. The summed E-state index contributed by atoms with van der Waals surface area (Å²) in [6.45, 7) is 8.56. The van der Waals surface area contributed by atoms with Crippen LogP contribution in [0.25, 0.3) is 0 Å². The van der Waals surface area contributed by atoms with Crippen LogP contribution in [0.2, 0.25) is 0 Å². The van der Waals surface area contributed by atoms with Crippen molar-refractivity contribution in [1.82, 2.24) is 20.4 Å². The molecule has 2 aliphatic heterocycles. The SMILES string of the molecule is CCNC(=O)C(C)N1CCCC1C(=O)N1CCNCC1. The molecule has 114 valence electrons. The van der Waals surface area contributed by atoms with Crippen molar-refractivity contribution in [2.24, 2.45) is 0 Å². The van der Waals surface area contributed by atoms with Gasteiger partial charge in [-0.15, -0.1) is 0 Å². The van der Waals surface area contributed by atoms with Gasteiger partial charge in [0.15, 0.2) is 0 Å². The number of carbonyl (C=O) groups is 2. The molecule has 0 aromatic rings. The molecule has 0 spiro atoms. The maximum absolute atomic E-state index is 12.6. The summed E-state index contributed by atoms with van der Waals surface area (Å²) < 4.78 is 0. The van der Waals surface area contributed by atoms with Crippen LogP contribution in [0.4, 0.5) is 0 Å². The fourth-order valence-corrected chi connectivity index (χ4v) is 3.09. The molecule has 2 saturated heterocycles. The number of carbonyl (C=O) groups excluding carboxylic acids is 2. The number of amides is 2. The maximum Gasteiger partial charge on any atom is 0.240 e. The molecule has 2 amide bonds. The van der Waals surface area contributed by atoms with E-state index in [0.29, 0.717) is 6.54 Å². The van der Waals surface area contributed by atoms with Gasteiger partial charge in [-0.05, 0) is 33.2 Å². The molecule has 6 nitrogen and oxygen atoms in total. The van der Waals surface area contributed by atoms with Gasteiger partial charge in [-0.25, -0.2) is 0 Å². The van der Waals surface area contributed by atoms with E-state index in [1.54, 1.807) is 0 Å². The van der Waals surface area contributed by atoms with Crippen LogP contribution in [0.1, 0.15) is 26.7 Å². The second kappa shape index (κ2) is 7.04. The fourth-order valence-electron chi connectivity index (χ4n) is 3.09. The van der Waals surface area contributed by atoms with Crippen LogP contribution in [-0.2, 0) is 9.59 Å². The standard InChI is InChI=1S/C14H26N4O2/c1-3-16-13(19)11(2)18-8-4-5-12(18)14(20)17-9-6-15-7-10-17/h11-12,15H,3-10H2,1-2H3,(H,16,19). The number of piperazine rings is 1. The summed E-state index contributed by atoms with van der Waals surface area (Å²) in [6, 6.07) is -0.347. The monoisotopic (exact) mass is 282 g/mol. The number of likely N-dealkylation sites (N-methyl/N-ethyl adjacent to an activating group) is 1. The third-order valence-corrected chi connectivity index (χ3v) is 4.24. The molecule has 2 unspecified atom stereocenters. The summed E-state index contributed by atoms with van der Waals surface area (Å²) in [4.78, 5) is 28.6. The van der Waals surface area contributed by atoms with E-state index in [4.69, 9.17) is 0 Å². The van der Waals surface area contributed by atoms with Crippen molar-refractivity contribution in [1.29, 1.82) is 0 Å². The first-order valence-electron chi connectivity index (χ1n) is 7.68. The van der Waals surface area contributed by atoms with E-state index in [2.05, 4.69) is 15.5 Å². The Kier molecular flexibility index (Phi) is 5.37. The molecule has 2 N–H and O–H groups in total. The number of nitrogens with one attached hydrogen (secondary N) is 2. The van der Waals surface area contributed by atoms with Gasteiger partial charge in [-0.2, -0.15) is 0 Å². The van der Waals surface area contributed by atoms with Crippen molar-refractivity contribution >= 4 is 11.8 Å². The minimum Gasteiger partial charge on any atom is -0.355 e. The van der Waals surface area contributed by atoms with Crippen LogP contribution in [0.15, 0.2) is 0 Å². The van der Waals surface area contributed by atoms with E-state index in [1.807, 2.05) is 18.7 Å².